The first-order valence-electron chi connectivity index (χ1n) is 9.12. The Bertz CT molecular complexity index is 1270. The molecule has 0 radical (unpaired) electrons. The van der Waals surface area contributed by atoms with Gasteiger partial charge >= 0.3 is 0 Å². The summed E-state index contributed by atoms with van der Waals surface area (Å²) in [5.74, 6) is -0.147. The Morgan fingerprint density at radius 3 is 2.43 bits per heavy atom. The second-order valence-electron chi connectivity index (χ2n) is 6.65. The van der Waals surface area contributed by atoms with Crippen molar-refractivity contribution in [3.8, 4) is 45.9 Å². The molecule has 30 heavy (non-hydrogen) atoms. The third-order valence-corrected chi connectivity index (χ3v) is 4.68. The molecule has 148 valence electrons. The van der Waals surface area contributed by atoms with Crippen molar-refractivity contribution >= 4 is 0 Å². The number of hydrogen-bond donors (Lipinski definition) is 1. The van der Waals surface area contributed by atoms with Gasteiger partial charge in [-0.25, -0.2) is 9.37 Å². The Balaban J connectivity index is 1.97. The molecule has 0 saturated heterocycles. The van der Waals surface area contributed by atoms with Crippen molar-refractivity contribution < 1.29 is 14.3 Å². The number of rotatable bonds is 4. The van der Waals surface area contributed by atoms with Crippen molar-refractivity contribution in [2.75, 3.05) is 7.11 Å². The van der Waals surface area contributed by atoms with Crippen molar-refractivity contribution in [3.05, 3.63) is 77.7 Å². The lowest BCUT2D eigenvalue weighted by molar-refractivity contribution is 0.195. The molecule has 0 aliphatic rings. The smallest absolute Gasteiger partial charge is 0.176 e. The zero-order chi connectivity index (χ0) is 21.3. The van der Waals surface area contributed by atoms with Crippen LogP contribution in [0.5, 0.6) is 5.75 Å². The molecule has 0 unspecified atom stereocenters. The van der Waals surface area contributed by atoms with E-state index in [2.05, 4.69) is 16.0 Å². The number of pyridine rings is 1. The Labute approximate surface area is 172 Å². The maximum Gasteiger partial charge on any atom is 0.176 e. The normalized spacial score (nSPS) is 10.6. The maximum absolute atomic E-state index is 13.9. The van der Waals surface area contributed by atoms with Gasteiger partial charge in [-0.3, -0.25) is 4.98 Å². The Kier molecular flexibility index (Phi) is 4.90. The molecule has 0 amide bonds. The summed E-state index contributed by atoms with van der Waals surface area (Å²) in [7, 11) is 1.39. The molecule has 2 heterocycles. The number of benzene rings is 2. The van der Waals surface area contributed by atoms with Crippen LogP contribution in [0.4, 0.5) is 4.39 Å². The predicted octanol–water partition coefficient (Wildman–Crippen LogP) is 4.84. The van der Waals surface area contributed by atoms with Gasteiger partial charge in [0.05, 0.1) is 24.4 Å². The fraction of sp³-hybridized carbons (Fsp3) is 0.0870. The first-order chi connectivity index (χ1) is 14.5. The molecule has 0 atom stereocenters. The molecule has 7 heteroatoms. The minimum Gasteiger partial charge on any atom is -0.494 e. The molecule has 2 aromatic heterocycles. The van der Waals surface area contributed by atoms with Crippen molar-refractivity contribution in [3.63, 3.8) is 0 Å². The lowest BCUT2D eigenvalue weighted by Crippen LogP contribution is -1.99. The lowest BCUT2D eigenvalue weighted by atomic mass is 10.1. The van der Waals surface area contributed by atoms with E-state index in [-0.39, 0.29) is 11.6 Å². The lowest BCUT2D eigenvalue weighted by Gasteiger charge is -2.08. The van der Waals surface area contributed by atoms with Crippen molar-refractivity contribution in [2.24, 2.45) is 0 Å². The van der Waals surface area contributed by atoms with Crippen LogP contribution in [0.3, 0.4) is 0 Å². The van der Waals surface area contributed by atoms with Crippen LogP contribution in [0.15, 0.2) is 60.7 Å². The summed E-state index contributed by atoms with van der Waals surface area (Å²) in [5.41, 5.74) is 3.76. The first kappa shape index (κ1) is 19.2. The summed E-state index contributed by atoms with van der Waals surface area (Å²) >= 11 is 0. The fourth-order valence-electron chi connectivity index (χ4n) is 3.21. The van der Waals surface area contributed by atoms with Gasteiger partial charge < -0.3 is 9.94 Å². The molecule has 0 aliphatic carbocycles. The zero-order valence-corrected chi connectivity index (χ0v) is 16.3. The van der Waals surface area contributed by atoms with Gasteiger partial charge in [-0.05, 0) is 61.5 Å². The van der Waals surface area contributed by atoms with Gasteiger partial charge in [0, 0.05) is 16.8 Å². The Morgan fingerprint density at radius 2 is 1.77 bits per heavy atom. The fourth-order valence-corrected chi connectivity index (χ4v) is 3.21. The monoisotopic (exact) mass is 400 g/mol. The predicted molar refractivity (Wildman–Crippen MR) is 109 cm³/mol. The first-order valence-corrected chi connectivity index (χ1v) is 9.12. The van der Waals surface area contributed by atoms with Crippen molar-refractivity contribution in [2.45, 2.75) is 6.92 Å². The molecule has 0 fully saturated rings. The van der Waals surface area contributed by atoms with Crippen LogP contribution in [0.2, 0.25) is 0 Å². The number of imidazole rings is 1. The van der Waals surface area contributed by atoms with Crippen LogP contribution in [0.25, 0.3) is 34.0 Å². The van der Waals surface area contributed by atoms with E-state index in [1.807, 2.05) is 19.1 Å². The topological polar surface area (TPSA) is 84.0 Å². The number of halogens is 1. The van der Waals surface area contributed by atoms with E-state index in [1.165, 1.54) is 19.2 Å². The van der Waals surface area contributed by atoms with E-state index in [9.17, 15) is 9.60 Å². The molecule has 0 aliphatic heterocycles. The van der Waals surface area contributed by atoms with Gasteiger partial charge in [0.2, 0.25) is 0 Å². The molecule has 0 saturated carbocycles. The van der Waals surface area contributed by atoms with E-state index in [4.69, 9.17) is 10.00 Å². The van der Waals surface area contributed by atoms with Crippen molar-refractivity contribution in [1.82, 2.24) is 14.7 Å². The molecule has 1 N–H and O–H groups in total. The minimum atomic E-state index is -0.493. The number of nitrogens with zero attached hydrogens (tertiary/aromatic N) is 4. The molecule has 4 aromatic rings. The van der Waals surface area contributed by atoms with Crippen LogP contribution >= 0.6 is 0 Å². The molecular weight excluding hydrogens is 383 g/mol. The van der Waals surface area contributed by atoms with Crippen LogP contribution in [0, 0.1) is 24.1 Å². The van der Waals surface area contributed by atoms with E-state index in [0.717, 1.165) is 10.4 Å². The number of ether oxygens (including phenoxy) is 1. The average Bonchev–Trinajstić information content (AvgIpc) is 3.11. The second-order valence-corrected chi connectivity index (χ2v) is 6.65. The number of aryl methyl sites for hydroxylation is 1. The molecular formula is C23H17FN4O2. The summed E-state index contributed by atoms with van der Waals surface area (Å²) in [5, 5.41) is 20.0. The summed E-state index contributed by atoms with van der Waals surface area (Å²) in [4.78, 5) is 9.14. The molecule has 0 spiro atoms. The second kappa shape index (κ2) is 7.68. The van der Waals surface area contributed by atoms with E-state index >= 15 is 0 Å². The Morgan fingerprint density at radius 1 is 1.03 bits per heavy atom. The maximum atomic E-state index is 13.9. The van der Waals surface area contributed by atoms with Crippen LogP contribution in [0.1, 0.15) is 11.3 Å². The highest BCUT2D eigenvalue weighted by molar-refractivity contribution is 5.81. The van der Waals surface area contributed by atoms with E-state index < -0.39 is 5.82 Å². The van der Waals surface area contributed by atoms with Gasteiger partial charge in [-0.2, -0.15) is 9.99 Å². The summed E-state index contributed by atoms with van der Waals surface area (Å²) in [6.45, 7) is 1.85. The van der Waals surface area contributed by atoms with Crippen LogP contribution in [-0.2, 0) is 0 Å². The third-order valence-electron chi connectivity index (χ3n) is 4.68. The van der Waals surface area contributed by atoms with Gasteiger partial charge in [0.1, 0.15) is 11.4 Å². The average molecular weight is 400 g/mol. The quantitative estimate of drug-likeness (QED) is 0.495. The molecule has 2 aromatic carbocycles. The largest absolute Gasteiger partial charge is 0.494 e. The number of nitriles is 1. The number of aromatic nitrogens is 3. The molecule has 4 rings (SSSR count). The van der Waals surface area contributed by atoms with Crippen LogP contribution < -0.4 is 4.74 Å². The third kappa shape index (κ3) is 3.35. The zero-order valence-electron chi connectivity index (χ0n) is 16.3. The van der Waals surface area contributed by atoms with Crippen LogP contribution in [-0.4, -0.2) is 27.0 Å². The van der Waals surface area contributed by atoms with Gasteiger partial charge in [0.25, 0.3) is 0 Å². The highest BCUT2D eigenvalue weighted by Crippen LogP contribution is 2.36. The summed E-state index contributed by atoms with van der Waals surface area (Å²) in [6, 6.07) is 18.6. The number of hydrogen-bond acceptors (Lipinski definition) is 5. The number of methoxy groups -OCH3 is 1. The summed E-state index contributed by atoms with van der Waals surface area (Å²) < 4.78 is 20.0. The molecule has 0 bridgehead atoms. The molecule has 6 nitrogen and oxygen atoms in total. The van der Waals surface area contributed by atoms with E-state index in [1.54, 1.807) is 36.4 Å². The minimum absolute atomic E-state index is 0.0723. The highest BCUT2D eigenvalue weighted by Gasteiger charge is 2.23. The van der Waals surface area contributed by atoms with Gasteiger partial charge in [-0.15, -0.1) is 0 Å². The van der Waals surface area contributed by atoms with Crippen molar-refractivity contribution in [1.29, 1.82) is 5.26 Å². The Hall–Kier alpha value is -4.18. The van der Waals surface area contributed by atoms with Gasteiger partial charge in [0.15, 0.2) is 17.4 Å². The highest BCUT2D eigenvalue weighted by atomic mass is 19.1. The summed E-state index contributed by atoms with van der Waals surface area (Å²) in [6.07, 6.45) is 0. The van der Waals surface area contributed by atoms with Gasteiger partial charge in [-0.1, -0.05) is 6.07 Å². The van der Waals surface area contributed by atoms with E-state index in [0.29, 0.717) is 33.8 Å². The SMILES string of the molecule is COc1cc(-c2nc(-c3ccc(C#N)cc3)n(O)c2-c2cccc(C)n2)ccc1F. The standard InChI is InChI=1S/C23H17FN4O2/c1-14-4-3-5-19(26-14)22-21(17-10-11-18(24)20(12-17)30-2)27-23(28(22)29)16-8-6-15(13-25)7-9-16/h3-12,29H,1-2H3.